The van der Waals surface area contributed by atoms with Crippen LogP contribution in [-0.2, 0) is 17.9 Å². The lowest BCUT2D eigenvalue weighted by atomic mass is 10.1. The van der Waals surface area contributed by atoms with Crippen LogP contribution in [0.25, 0.3) is 0 Å². The van der Waals surface area contributed by atoms with Gasteiger partial charge in [0.15, 0.2) is 0 Å². The fourth-order valence-corrected chi connectivity index (χ4v) is 2.38. The van der Waals surface area contributed by atoms with Gasteiger partial charge in [0, 0.05) is 23.8 Å². The molecule has 0 atom stereocenters. The maximum absolute atomic E-state index is 11.2. The third kappa shape index (κ3) is 5.10. The minimum atomic E-state index is -0.354. The highest BCUT2D eigenvalue weighted by Crippen LogP contribution is 2.15. The van der Waals surface area contributed by atoms with E-state index < -0.39 is 0 Å². The molecule has 0 aliphatic carbocycles. The second-order valence-electron chi connectivity index (χ2n) is 4.98. The van der Waals surface area contributed by atoms with Crippen molar-refractivity contribution < 1.29 is 4.79 Å². The van der Waals surface area contributed by atoms with Crippen LogP contribution in [0.2, 0.25) is 5.02 Å². The largest absolute Gasteiger partial charge is 0.399 e. The Morgan fingerprint density at radius 2 is 1.71 bits per heavy atom. The molecular weight excluding hydrogens is 286 g/mol. The van der Waals surface area contributed by atoms with Crippen LogP contribution in [0.1, 0.15) is 11.1 Å². The molecule has 0 fully saturated rings. The predicted molar refractivity (Wildman–Crippen MR) is 85.6 cm³/mol. The van der Waals surface area contributed by atoms with Crippen LogP contribution >= 0.6 is 11.6 Å². The van der Waals surface area contributed by atoms with Gasteiger partial charge in [-0.3, -0.25) is 9.69 Å². The highest BCUT2D eigenvalue weighted by Gasteiger charge is 2.10. The zero-order valence-corrected chi connectivity index (χ0v) is 12.4. The van der Waals surface area contributed by atoms with Gasteiger partial charge < -0.3 is 11.5 Å². The summed E-state index contributed by atoms with van der Waals surface area (Å²) in [6.45, 7) is 1.42. The van der Waals surface area contributed by atoms with Crippen molar-refractivity contribution in [2.45, 2.75) is 13.1 Å². The highest BCUT2D eigenvalue weighted by atomic mass is 35.5. The number of benzene rings is 2. The highest BCUT2D eigenvalue weighted by molar-refractivity contribution is 6.30. The van der Waals surface area contributed by atoms with E-state index in [0.29, 0.717) is 18.1 Å². The number of carbonyl (C=O) groups excluding carboxylic acids is 1. The first kappa shape index (κ1) is 15.4. The number of hydrogen-bond acceptors (Lipinski definition) is 3. The molecule has 5 heteroatoms. The van der Waals surface area contributed by atoms with Gasteiger partial charge in [0.2, 0.25) is 5.91 Å². The molecule has 110 valence electrons. The van der Waals surface area contributed by atoms with Crippen molar-refractivity contribution in [2.75, 3.05) is 12.3 Å². The molecule has 2 aromatic carbocycles. The average molecular weight is 304 g/mol. The SMILES string of the molecule is NC(=O)CN(Cc1ccc(N)cc1)Cc1cccc(Cl)c1. The first-order valence-corrected chi connectivity index (χ1v) is 7.00. The quantitative estimate of drug-likeness (QED) is 0.805. The number of nitrogens with zero attached hydrogens (tertiary/aromatic N) is 1. The van der Waals surface area contributed by atoms with E-state index in [4.69, 9.17) is 23.1 Å². The number of halogens is 1. The first-order valence-electron chi connectivity index (χ1n) is 6.62. The summed E-state index contributed by atoms with van der Waals surface area (Å²) >= 11 is 5.99. The number of hydrogen-bond donors (Lipinski definition) is 2. The van der Waals surface area contributed by atoms with Crippen LogP contribution in [0.15, 0.2) is 48.5 Å². The molecule has 4 N–H and O–H groups in total. The van der Waals surface area contributed by atoms with Gasteiger partial charge >= 0.3 is 0 Å². The monoisotopic (exact) mass is 303 g/mol. The molecule has 0 heterocycles. The van der Waals surface area contributed by atoms with E-state index in [1.807, 2.05) is 53.4 Å². The van der Waals surface area contributed by atoms with Crippen LogP contribution in [0.3, 0.4) is 0 Å². The lowest BCUT2D eigenvalue weighted by Crippen LogP contribution is -2.33. The van der Waals surface area contributed by atoms with E-state index in [1.54, 1.807) is 0 Å². The minimum absolute atomic E-state index is 0.191. The summed E-state index contributed by atoms with van der Waals surface area (Å²) < 4.78 is 0. The van der Waals surface area contributed by atoms with Crippen molar-refractivity contribution in [2.24, 2.45) is 5.73 Å². The molecule has 4 nitrogen and oxygen atoms in total. The lowest BCUT2D eigenvalue weighted by Gasteiger charge is -2.21. The van der Waals surface area contributed by atoms with Gasteiger partial charge in [0.05, 0.1) is 6.54 Å². The third-order valence-corrected chi connectivity index (χ3v) is 3.30. The number of anilines is 1. The number of rotatable bonds is 6. The molecule has 1 amide bonds. The summed E-state index contributed by atoms with van der Waals surface area (Å²) in [7, 11) is 0. The summed E-state index contributed by atoms with van der Waals surface area (Å²) in [4.78, 5) is 13.2. The summed E-state index contributed by atoms with van der Waals surface area (Å²) in [6.07, 6.45) is 0. The summed E-state index contributed by atoms with van der Waals surface area (Å²) in [5, 5.41) is 0.680. The zero-order chi connectivity index (χ0) is 15.2. The molecule has 0 bridgehead atoms. The number of nitrogen functional groups attached to an aromatic ring is 1. The molecule has 0 aliphatic rings. The molecule has 0 aliphatic heterocycles. The smallest absolute Gasteiger partial charge is 0.231 e. The van der Waals surface area contributed by atoms with E-state index in [-0.39, 0.29) is 12.5 Å². The number of primary amides is 1. The molecule has 0 spiro atoms. The van der Waals surface area contributed by atoms with Crippen molar-refractivity contribution in [1.82, 2.24) is 4.90 Å². The average Bonchev–Trinajstić information content (AvgIpc) is 2.40. The number of carbonyl (C=O) groups is 1. The first-order chi connectivity index (χ1) is 10.0. The van der Waals surface area contributed by atoms with E-state index in [2.05, 4.69) is 0 Å². The van der Waals surface area contributed by atoms with Crippen LogP contribution in [0, 0.1) is 0 Å². The predicted octanol–water partition coefficient (Wildman–Crippen LogP) is 2.41. The fourth-order valence-electron chi connectivity index (χ4n) is 2.16. The lowest BCUT2D eigenvalue weighted by molar-refractivity contribution is -0.119. The fraction of sp³-hybridized carbons (Fsp3) is 0.188. The Bertz CT molecular complexity index is 613. The van der Waals surface area contributed by atoms with Crippen LogP contribution in [0.5, 0.6) is 0 Å². The van der Waals surface area contributed by atoms with Gasteiger partial charge in [-0.1, -0.05) is 35.9 Å². The normalized spacial score (nSPS) is 10.8. The Balaban J connectivity index is 2.10. The summed E-state index contributed by atoms with van der Waals surface area (Å²) in [6, 6.07) is 15.2. The number of amides is 1. The third-order valence-electron chi connectivity index (χ3n) is 3.06. The van der Waals surface area contributed by atoms with Crippen LogP contribution in [-0.4, -0.2) is 17.4 Å². The van der Waals surface area contributed by atoms with Crippen molar-refractivity contribution in [3.8, 4) is 0 Å². The Morgan fingerprint density at radius 1 is 1.05 bits per heavy atom. The van der Waals surface area contributed by atoms with Crippen LogP contribution in [0.4, 0.5) is 5.69 Å². The van der Waals surface area contributed by atoms with Gasteiger partial charge in [-0.2, -0.15) is 0 Å². The van der Waals surface area contributed by atoms with Crippen molar-refractivity contribution in [3.05, 3.63) is 64.7 Å². The molecular formula is C16H18ClN3O. The standard InChI is InChI=1S/C16H18ClN3O/c17-14-3-1-2-13(8-14)10-20(11-16(19)21)9-12-4-6-15(18)7-5-12/h1-8H,9-11,18H2,(H2,19,21). The zero-order valence-electron chi connectivity index (χ0n) is 11.6. The van der Waals surface area contributed by atoms with Gasteiger partial charge in [-0.25, -0.2) is 0 Å². The van der Waals surface area contributed by atoms with Crippen LogP contribution < -0.4 is 11.5 Å². The molecule has 21 heavy (non-hydrogen) atoms. The summed E-state index contributed by atoms with van der Waals surface area (Å²) in [5.41, 5.74) is 13.8. The molecule has 0 unspecified atom stereocenters. The number of nitrogens with two attached hydrogens (primary N) is 2. The molecule has 0 radical (unpaired) electrons. The Morgan fingerprint density at radius 3 is 2.33 bits per heavy atom. The van der Waals surface area contributed by atoms with Gasteiger partial charge in [0.25, 0.3) is 0 Å². The molecule has 2 rings (SSSR count). The van der Waals surface area contributed by atoms with E-state index in [0.717, 1.165) is 16.8 Å². The minimum Gasteiger partial charge on any atom is -0.399 e. The van der Waals surface area contributed by atoms with Crippen molar-refractivity contribution >= 4 is 23.2 Å². The Hall–Kier alpha value is -2.04. The van der Waals surface area contributed by atoms with Crippen molar-refractivity contribution in [3.63, 3.8) is 0 Å². The molecule has 0 aromatic heterocycles. The maximum Gasteiger partial charge on any atom is 0.231 e. The van der Waals surface area contributed by atoms with Crippen molar-refractivity contribution in [1.29, 1.82) is 0 Å². The van der Waals surface area contributed by atoms with E-state index in [1.165, 1.54) is 0 Å². The molecule has 2 aromatic rings. The summed E-state index contributed by atoms with van der Waals surface area (Å²) in [5.74, 6) is -0.354. The topological polar surface area (TPSA) is 72.4 Å². The molecule has 0 saturated heterocycles. The van der Waals surface area contributed by atoms with E-state index in [9.17, 15) is 4.79 Å². The Labute approximate surface area is 129 Å². The van der Waals surface area contributed by atoms with E-state index >= 15 is 0 Å². The second kappa shape index (κ2) is 7.11. The van der Waals surface area contributed by atoms with Gasteiger partial charge in [0.1, 0.15) is 0 Å². The molecule has 0 saturated carbocycles. The Kier molecular flexibility index (Phi) is 5.20. The second-order valence-corrected chi connectivity index (χ2v) is 5.42. The van der Waals surface area contributed by atoms with Gasteiger partial charge in [-0.05, 0) is 35.4 Å². The maximum atomic E-state index is 11.2. The van der Waals surface area contributed by atoms with Gasteiger partial charge in [-0.15, -0.1) is 0 Å².